The van der Waals surface area contributed by atoms with Crippen molar-refractivity contribution in [2.24, 2.45) is 5.92 Å². The van der Waals surface area contributed by atoms with E-state index < -0.39 is 53.7 Å². The molecule has 0 spiro atoms. The van der Waals surface area contributed by atoms with Gasteiger partial charge in [0, 0.05) is 12.0 Å². The summed E-state index contributed by atoms with van der Waals surface area (Å²) in [6.45, 7) is 15.5. The van der Waals surface area contributed by atoms with Gasteiger partial charge in [-0.15, -0.1) is 0 Å². The molecule has 2 N–H and O–H groups in total. The van der Waals surface area contributed by atoms with Crippen LogP contribution < -0.4 is 15.4 Å². The third kappa shape index (κ3) is 12.5. The highest BCUT2D eigenvalue weighted by molar-refractivity contribution is 5.93. The Morgan fingerprint density at radius 3 is 2.03 bits per heavy atom. The zero-order valence-corrected chi connectivity index (χ0v) is 23.9. The largest absolute Gasteiger partial charge is 0.466 e. The summed E-state index contributed by atoms with van der Waals surface area (Å²) in [5.41, 5.74) is -0.148. The Bertz CT molecular complexity index is 1040. The second-order valence-electron chi connectivity index (χ2n) is 10.5. The van der Waals surface area contributed by atoms with Crippen LogP contribution in [-0.2, 0) is 39.8 Å². The van der Waals surface area contributed by atoms with Gasteiger partial charge in [-0.05, 0) is 58.2 Å². The topological polar surface area (TPSA) is 146 Å². The molecule has 0 saturated carbocycles. The second-order valence-corrected chi connectivity index (χ2v) is 10.5. The Morgan fingerprint density at radius 2 is 1.54 bits per heavy atom. The molecule has 0 fully saturated rings. The van der Waals surface area contributed by atoms with Crippen LogP contribution in [0, 0.1) is 5.92 Å². The summed E-state index contributed by atoms with van der Waals surface area (Å²) in [6, 6.07) is 4.26. The van der Waals surface area contributed by atoms with E-state index in [1.54, 1.807) is 60.6 Å². The lowest BCUT2D eigenvalue weighted by atomic mass is 10.0. The van der Waals surface area contributed by atoms with Crippen LogP contribution in [0.4, 0.5) is 4.79 Å². The minimum absolute atomic E-state index is 0.0396. The standard InChI is InChI=1S/C28H40N2O9/c1-16(2)23(30-27(35)39-28(6,7)8)24(32)29-21(26(34)37-17(3)4)15-19-10-12-20(13-11-19)38-22(31)14-18(5)25(33)36-9/h10-13,16-17,21,23H,5,14-15H2,1-4,6-9H3,(H,29,32)(H,30,35). The molecular formula is C28H40N2O9. The average Bonchev–Trinajstić information content (AvgIpc) is 2.80. The summed E-state index contributed by atoms with van der Waals surface area (Å²) in [4.78, 5) is 61.7. The van der Waals surface area contributed by atoms with Crippen molar-refractivity contribution in [3.05, 3.63) is 42.0 Å². The predicted octanol–water partition coefficient (Wildman–Crippen LogP) is 3.24. The Balaban J connectivity index is 2.98. The summed E-state index contributed by atoms with van der Waals surface area (Å²) < 4.78 is 20.3. The first kappa shape index (κ1) is 33.1. The lowest BCUT2D eigenvalue weighted by Crippen LogP contribution is -2.55. The van der Waals surface area contributed by atoms with Gasteiger partial charge in [0.1, 0.15) is 23.4 Å². The van der Waals surface area contributed by atoms with Crippen LogP contribution in [0.3, 0.4) is 0 Å². The van der Waals surface area contributed by atoms with Crippen molar-refractivity contribution in [2.75, 3.05) is 7.11 Å². The van der Waals surface area contributed by atoms with Gasteiger partial charge >= 0.3 is 24.0 Å². The summed E-state index contributed by atoms with van der Waals surface area (Å²) in [7, 11) is 1.19. The predicted molar refractivity (Wildman–Crippen MR) is 143 cm³/mol. The maximum absolute atomic E-state index is 13.1. The molecule has 0 aromatic heterocycles. The number of methoxy groups -OCH3 is 1. The zero-order valence-electron chi connectivity index (χ0n) is 23.9. The van der Waals surface area contributed by atoms with E-state index in [9.17, 15) is 24.0 Å². The zero-order chi connectivity index (χ0) is 29.9. The molecule has 2 atom stereocenters. The van der Waals surface area contributed by atoms with Crippen LogP contribution in [0.2, 0.25) is 0 Å². The molecule has 11 heteroatoms. The number of amides is 2. The molecule has 1 aromatic carbocycles. The lowest BCUT2D eigenvalue weighted by Gasteiger charge is -2.27. The van der Waals surface area contributed by atoms with E-state index in [2.05, 4.69) is 21.9 Å². The summed E-state index contributed by atoms with van der Waals surface area (Å²) in [5.74, 6) is -2.70. The summed E-state index contributed by atoms with van der Waals surface area (Å²) >= 11 is 0. The van der Waals surface area contributed by atoms with Gasteiger partial charge in [0.05, 0.1) is 19.6 Å². The van der Waals surface area contributed by atoms with E-state index in [0.29, 0.717) is 5.56 Å². The maximum atomic E-state index is 13.1. The third-order valence-electron chi connectivity index (χ3n) is 5.00. The first-order valence-electron chi connectivity index (χ1n) is 12.6. The van der Waals surface area contributed by atoms with Crippen molar-refractivity contribution in [1.29, 1.82) is 0 Å². The molecule has 0 heterocycles. The van der Waals surface area contributed by atoms with Gasteiger partial charge < -0.3 is 29.6 Å². The Labute approximate surface area is 229 Å². The lowest BCUT2D eigenvalue weighted by molar-refractivity contribution is -0.151. The number of benzene rings is 1. The highest BCUT2D eigenvalue weighted by Gasteiger charge is 2.31. The van der Waals surface area contributed by atoms with E-state index >= 15 is 0 Å². The Kier molecular flexibility index (Phi) is 12.7. The Hall–Kier alpha value is -3.89. The van der Waals surface area contributed by atoms with Gasteiger partial charge in [-0.2, -0.15) is 0 Å². The van der Waals surface area contributed by atoms with Gasteiger partial charge in [-0.3, -0.25) is 9.59 Å². The number of alkyl carbamates (subject to hydrolysis) is 1. The average molecular weight is 549 g/mol. The molecule has 2 unspecified atom stereocenters. The fourth-order valence-corrected chi connectivity index (χ4v) is 3.23. The number of ether oxygens (including phenoxy) is 4. The molecule has 1 aromatic rings. The fourth-order valence-electron chi connectivity index (χ4n) is 3.23. The Morgan fingerprint density at radius 1 is 0.949 bits per heavy atom. The van der Waals surface area contributed by atoms with Crippen LogP contribution in [0.15, 0.2) is 36.4 Å². The molecule has 0 radical (unpaired) electrons. The number of esters is 3. The van der Waals surface area contributed by atoms with Crippen LogP contribution in [0.5, 0.6) is 5.75 Å². The van der Waals surface area contributed by atoms with E-state index in [1.807, 2.05) is 0 Å². The molecule has 216 valence electrons. The van der Waals surface area contributed by atoms with Crippen molar-refractivity contribution in [3.63, 3.8) is 0 Å². The third-order valence-corrected chi connectivity index (χ3v) is 5.00. The summed E-state index contributed by atoms with van der Waals surface area (Å²) in [6.07, 6.45) is -1.43. The number of hydrogen-bond acceptors (Lipinski definition) is 9. The molecule has 11 nitrogen and oxygen atoms in total. The smallest absolute Gasteiger partial charge is 0.408 e. The van der Waals surface area contributed by atoms with E-state index in [0.717, 1.165) is 0 Å². The molecule has 0 aliphatic carbocycles. The molecular weight excluding hydrogens is 508 g/mol. The molecule has 39 heavy (non-hydrogen) atoms. The maximum Gasteiger partial charge on any atom is 0.408 e. The first-order valence-corrected chi connectivity index (χ1v) is 12.6. The van der Waals surface area contributed by atoms with Gasteiger partial charge in [0.15, 0.2) is 0 Å². The molecule has 1 rings (SSSR count). The minimum atomic E-state index is -1.06. The highest BCUT2D eigenvalue weighted by Crippen LogP contribution is 2.16. The number of hydrogen-bond donors (Lipinski definition) is 2. The molecule has 0 saturated heterocycles. The van der Waals surface area contributed by atoms with Gasteiger partial charge in [0.2, 0.25) is 5.91 Å². The van der Waals surface area contributed by atoms with Gasteiger partial charge in [-0.1, -0.05) is 32.6 Å². The second kappa shape index (κ2) is 14.9. The summed E-state index contributed by atoms with van der Waals surface area (Å²) in [5, 5.41) is 5.24. The molecule has 2 amide bonds. The molecule has 0 bridgehead atoms. The number of nitrogens with one attached hydrogen (secondary N) is 2. The molecule has 0 aliphatic rings. The van der Waals surface area contributed by atoms with E-state index in [-0.39, 0.29) is 30.1 Å². The van der Waals surface area contributed by atoms with Crippen molar-refractivity contribution in [1.82, 2.24) is 10.6 Å². The van der Waals surface area contributed by atoms with Crippen molar-refractivity contribution in [3.8, 4) is 5.75 Å². The van der Waals surface area contributed by atoms with E-state index in [4.69, 9.17) is 14.2 Å². The van der Waals surface area contributed by atoms with Crippen molar-refractivity contribution in [2.45, 2.75) is 85.1 Å². The highest BCUT2D eigenvalue weighted by atomic mass is 16.6. The SMILES string of the molecule is C=C(CC(=O)Oc1ccc(CC(NC(=O)C(NC(=O)OC(C)(C)C)C(C)C)C(=O)OC(C)C)cc1)C(=O)OC. The van der Waals surface area contributed by atoms with E-state index in [1.165, 1.54) is 19.2 Å². The van der Waals surface area contributed by atoms with Crippen molar-refractivity contribution < 1.29 is 42.9 Å². The quantitative estimate of drug-likeness (QED) is 0.174. The van der Waals surface area contributed by atoms with Crippen LogP contribution in [0.1, 0.15) is 60.5 Å². The minimum Gasteiger partial charge on any atom is -0.466 e. The normalized spacial score (nSPS) is 12.7. The monoisotopic (exact) mass is 548 g/mol. The molecule has 0 aliphatic heterocycles. The number of rotatable bonds is 12. The van der Waals surface area contributed by atoms with Gasteiger partial charge in [-0.25, -0.2) is 14.4 Å². The first-order chi connectivity index (χ1) is 18.0. The van der Waals surface area contributed by atoms with Gasteiger partial charge in [0.25, 0.3) is 0 Å². The number of carbonyl (C=O) groups is 5. The van der Waals surface area contributed by atoms with Crippen LogP contribution in [0.25, 0.3) is 0 Å². The van der Waals surface area contributed by atoms with Crippen molar-refractivity contribution >= 4 is 29.9 Å². The fraction of sp³-hybridized carbons (Fsp3) is 0.536. The van der Waals surface area contributed by atoms with Crippen LogP contribution in [-0.4, -0.2) is 60.8 Å². The van der Waals surface area contributed by atoms with Crippen LogP contribution >= 0.6 is 0 Å². The number of carbonyl (C=O) groups excluding carboxylic acids is 5.